The second-order valence-corrected chi connectivity index (χ2v) is 4.73. The summed E-state index contributed by atoms with van der Waals surface area (Å²) in [6.45, 7) is -1.07. The molecule has 1 atom stereocenters. The summed E-state index contributed by atoms with van der Waals surface area (Å²) in [6.07, 6.45) is -2.72. The predicted molar refractivity (Wildman–Crippen MR) is 72.6 cm³/mol. The molecule has 2 rings (SSSR count). The molecule has 0 aliphatic carbocycles. The molecule has 1 aromatic heterocycles. The predicted octanol–water partition coefficient (Wildman–Crippen LogP) is 3.04. The molecule has 0 radical (unpaired) electrons. The van der Waals surface area contributed by atoms with Crippen molar-refractivity contribution in [3.8, 4) is 0 Å². The van der Waals surface area contributed by atoms with Crippen LogP contribution in [0.15, 0.2) is 30.5 Å². The Bertz CT molecular complexity index is 601. The number of rotatable bonds is 4. The lowest BCUT2D eigenvalue weighted by Crippen LogP contribution is -2.35. The standard InChI is InChI=1S/C13H13ClF3N3/c14-10-4-3-9(12-8(10)2-1-5-19-12)11(6-18)20-7-13(15,16)17/h1-5,11,20H,6-7,18H2. The van der Waals surface area contributed by atoms with Crippen LogP contribution in [0.3, 0.4) is 0 Å². The smallest absolute Gasteiger partial charge is 0.329 e. The third-order valence-corrected chi connectivity index (χ3v) is 3.24. The Hall–Kier alpha value is -1.37. The highest BCUT2D eigenvalue weighted by atomic mass is 35.5. The Morgan fingerprint density at radius 1 is 1.30 bits per heavy atom. The SMILES string of the molecule is NCC(NCC(F)(F)F)c1ccc(Cl)c2cccnc12. The number of nitrogens with two attached hydrogens (primary N) is 1. The van der Waals surface area contributed by atoms with E-state index >= 15 is 0 Å². The lowest BCUT2D eigenvalue weighted by Gasteiger charge is -2.20. The summed E-state index contributed by atoms with van der Waals surface area (Å²) in [6, 6.07) is 6.15. The van der Waals surface area contributed by atoms with Crippen molar-refractivity contribution < 1.29 is 13.2 Å². The van der Waals surface area contributed by atoms with Crippen LogP contribution >= 0.6 is 11.6 Å². The molecule has 0 amide bonds. The van der Waals surface area contributed by atoms with Crippen LogP contribution in [-0.4, -0.2) is 24.2 Å². The maximum atomic E-state index is 12.3. The highest BCUT2D eigenvalue weighted by Gasteiger charge is 2.28. The minimum atomic E-state index is -4.29. The number of pyridine rings is 1. The van der Waals surface area contributed by atoms with E-state index < -0.39 is 18.8 Å². The lowest BCUT2D eigenvalue weighted by molar-refractivity contribution is -0.126. The van der Waals surface area contributed by atoms with Crippen LogP contribution in [0, 0.1) is 0 Å². The van der Waals surface area contributed by atoms with Crippen molar-refractivity contribution in [3.63, 3.8) is 0 Å². The zero-order chi connectivity index (χ0) is 14.8. The highest BCUT2D eigenvalue weighted by molar-refractivity contribution is 6.35. The summed E-state index contributed by atoms with van der Waals surface area (Å²) < 4.78 is 36.9. The number of fused-ring (bicyclic) bond motifs is 1. The van der Waals surface area contributed by atoms with Gasteiger partial charge in [-0.05, 0) is 23.8 Å². The van der Waals surface area contributed by atoms with E-state index in [4.69, 9.17) is 17.3 Å². The molecule has 0 bridgehead atoms. The van der Waals surface area contributed by atoms with E-state index in [1.54, 1.807) is 30.5 Å². The molecule has 7 heteroatoms. The number of halogens is 4. The number of hydrogen-bond donors (Lipinski definition) is 2. The first-order valence-corrected chi connectivity index (χ1v) is 6.33. The van der Waals surface area contributed by atoms with E-state index in [0.717, 1.165) is 0 Å². The summed E-state index contributed by atoms with van der Waals surface area (Å²) in [5.41, 5.74) is 6.74. The number of aromatic nitrogens is 1. The first-order valence-electron chi connectivity index (χ1n) is 5.95. The molecule has 1 unspecified atom stereocenters. The summed E-state index contributed by atoms with van der Waals surface area (Å²) in [4.78, 5) is 4.19. The summed E-state index contributed by atoms with van der Waals surface area (Å²) in [7, 11) is 0. The number of benzene rings is 1. The maximum Gasteiger partial charge on any atom is 0.401 e. The molecular formula is C13H13ClF3N3. The number of nitrogens with one attached hydrogen (secondary N) is 1. The molecule has 0 aliphatic heterocycles. The Balaban J connectivity index is 2.37. The Morgan fingerprint density at radius 3 is 2.70 bits per heavy atom. The first-order chi connectivity index (χ1) is 9.42. The van der Waals surface area contributed by atoms with E-state index in [1.807, 2.05) is 0 Å². The Morgan fingerprint density at radius 2 is 2.05 bits per heavy atom. The summed E-state index contributed by atoms with van der Waals surface area (Å²) in [5, 5.41) is 3.60. The molecule has 2 aromatic rings. The van der Waals surface area contributed by atoms with Gasteiger partial charge in [0.25, 0.3) is 0 Å². The first kappa shape index (κ1) is 15.0. The van der Waals surface area contributed by atoms with Gasteiger partial charge in [-0.2, -0.15) is 13.2 Å². The Kier molecular flexibility index (Phi) is 4.47. The molecule has 108 valence electrons. The monoisotopic (exact) mass is 303 g/mol. The average Bonchev–Trinajstić information content (AvgIpc) is 2.41. The molecule has 3 nitrogen and oxygen atoms in total. The molecule has 3 N–H and O–H groups in total. The zero-order valence-electron chi connectivity index (χ0n) is 10.4. The average molecular weight is 304 g/mol. The van der Waals surface area contributed by atoms with Gasteiger partial charge in [-0.1, -0.05) is 17.7 Å². The van der Waals surface area contributed by atoms with Crippen LogP contribution in [0.1, 0.15) is 11.6 Å². The van der Waals surface area contributed by atoms with E-state index in [2.05, 4.69) is 10.3 Å². The van der Waals surface area contributed by atoms with Crippen molar-refractivity contribution in [2.45, 2.75) is 12.2 Å². The molecule has 0 saturated carbocycles. The minimum absolute atomic E-state index is 0.0311. The molecule has 20 heavy (non-hydrogen) atoms. The van der Waals surface area contributed by atoms with E-state index in [0.29, 0.717) is 21.5 Å². The van der Waals surface area contributed by atoms with E-state index in [1.165, 1.54) is 0 Å². The van der Waals surface area contributed by atoms with Gasteiger partial charge in [-0.25, -0.2) is 0 Å². The van der Waals surface area contributed by atoms with Gasteiger partial charge in [0.2, 0.25) is 0 Å². The molecule has 0 aliphatic rings. The molecule has 1 aromatic carbocycles. The third-order valence-electron chi connectivity index (χ3n) is 2.91. The maximum absolute atomic E-state index is 12.3. The minimum Gasteiger partial charge on any atom is -0.329 e. The van der Waals surface area contributed by atoms with Crippen molar-refractivity contribution in [3.05, 3.63) is 41.0 Å². The molecule has 0 spiro atoms. The van der Waals surface area contributed by atoms with Crippen LogP contribution in [0.5, 0.6) is 0 Å². The van der Waals surface area contributed by atoms with Crippen LogP contribution in [-0.2, 0) is 0 Å². The Labute approximate surface area is 118 Å². The van der Waals surface area contributed by atoms with E-state index in [9.17, 15) is 13.2 Å². The van der Waals surface area contributed by atoms with Crippen LogP contribution in [0.2, 0.25) is 5.02 Å². The number of alkyl halides is 3. The molecule has 0 fully saturated rings. The van der Waals surface area contributed by atoms with Gasteiger partial charge in [0.1, 0.15) is 0 Å². The fraction of sp³-hybridized carbons (Fsp3) is 0.308. The number of nitrogens with zero attached hydrogens (tertiary/aromatic N) is 1. The fourth-order valence-corrected chi connectivity index (χ4v) is 2.22. The van der Waals surface area contributed by atoms with Crippen LogP contribution < -0.4 is 11.1 Å². The van der Waals surface area contributed by atoms with Gasteiger partial charge in [0.05, 0.1) is 12.1 Å². The van der Waals surface area contributed by atoms with Gasteiger partial charge in [0.15, 0.2) is 0 Å². The van der Waals surface area contributed by atoms with Crippen LogP contribution in [0.4, 0.5) is 13.2 Å². The van der Waals surface area contributed by atoms with Gasteiger partial charge in [-0.3, -0.25) is 4.98 Å². The normalized spacial score (nSPS) is 13.7. The van der Waals surface area contributed by atoms with Crippen molar-refractivity contribution in [1.82, 2.24) is 10.3 Å². The van der Waals surface area contributed by atoms with Gasteiger partial charge >= 0.3 is 6.18 Å². The topological polar surface area (TPSA) is 50.9 Å². The molecular weight excluding hydrogens is 291 g/mol. The van der Waals surface area contributed by atoms with Crippen molar-refractivity contribution in [1.29, 1.82) is 0 Å². The van der Waals surface area contributed by atoms with Gasteiger partial charge in [-0.15, -0.1) is 0 Å². The summed E-state index contributed by atoms with van der Waals surface area (Å²) in [5.74, 6) is 0. The lowest BCUT2D eigenvalue weighted by atomic mass is 10.0. The molecule has 1 heterocycles. The van der Waals surface area contributed by atoms with Gasteiger partial charge in [0, 0.05) is 29.2 Å². The quantitative estimate of drug-likeness (QED) is 0.913. The van der Waals surface area contributed by atoms with E-state index in [-0.39, 0.29) is 6.54 Å². The van der Waals surface area contributed by atoms with Gasteiger partial charge < -0.3 is 11.1 Å². The van der Waals surface area contributed by atoms with Crippen molar-refractivity contribution in [2.24, 2.45) is 5.73 Å². The molecule has 0 saturated heterocycles. The largest absolute Gasteiger partial charge is 0.401 e. The second kappa shape index (κ2) is 5.95. The summed E-state index contributed by atoms with van der Waals surface area (Å²) >= 11 is 6.05. The second-order valence-electron chi connectivity index (χ2n) is 4.32. The number of hydrogen-bond acceptors (Lipinski definition) is 3. The third kappa shape index (κ3) is 3.39. The highest BCUT2D eigenvalue weighted by Crippen LogP contribution is 2.28. The van der Waals surface area contributed by atoms with Crippen LogP contribution in [0.25, 0.3) is 10.9 Å². The fourth-order valence-electron chi connectivity index (χ4n) is 2.00. The van der Waals surface area contributed by atoms with Crippen molar-refractivity contribution >= 4 is 22.5 Å². The van der Waals surface area contributed by atoms with Crippen molar-refractivity contribution in [2.75, 3.05) is 13.1 Å². The zero-order valence-corrected chi connectivity index (χ0v) is 11.2.